The molecule has 8 heteroatoms. The van der Waals surface area contributed by atoms with Crippen molar-refractivity contribution >= 4 is 33.4 Å². The van der Waals surface area contributed by atoms with Gasteiger partial charge in [-0.05, 0) is 43.7 Å². The number of halogens is 1. The first-order valence-corrected chi connectivity index (χ1v) is 11.1. The number of hydrogen-bond donors (Lipinski definition) is 0. The highest BCUT2D eigenvalue weighted by atomic mass is 35.5. The van der Waals surface area contributed by atoms with Gasteiger partial charge in [0.15, 0.2) is 15.3 Å². The Hall–Kier alpha value is -2.38. The molecule has 0 bridgehead atoms. The molecule has 0 aromatic heterocycles. The number of sulfone groups is 1. The molecule has 2 aromatic carbocycles. The normalized spacial score (nSPS) is 20.0. The molecule has 0 heterocycles. The van der Waals surface area contributed by atoms with Crippen molar-refractivity contribution in [2.24, 2.45) is 5.41 Å². The first-order chi connectivity index (χ1) is 13.8. The minimum atomic E-state index is -4.07. The van der Waals surface area contributed by atoms with Gasteiger partial charge in [-0.2, -0.15) is 0 Å². The smallest absolute Gasteiger partial charge is 0.325 e. The Balaban J connectivity index is 2.18. The van der Waals surface area contributed by atoms with Crippen LogP contribution in [0.5, 0.6) is 0 Å². The van der Waals surface area contributed by atoms with Gasteiger partial charge < -0.3 is 9.47 Å². The van der Waals surface area contributed by atoms with Gasteiger partial charge in [-0.3, -0.25) is 9.59 Å². The van der Waals surface area contributed by atoms with Gasteiger partial charge in [0, 0.05) is 10.9 Å². The Labute approximate surface area is 174 Å². The van der Waals surface area contributed by atoms with E-state index < -0.39 is 38.4 Å². The fourth-order valence-corrected chi connectivity index (χ4v) is 6.13. The van der Waals surface area contributed by atoms with Gasteiger partial charge in [-0.15, -0.1) is 0 Å². The monoisotopic (exact) mass is 436 g/mol. The van der Waals surface area contributed by atoms with Crippen LogP contribution in [0.2, 0.25) is 5.02 Å². The van der Waals surface area contributed by atoms with Gasteiger partial charge in [0.05, 0.1) is 18.1 Å². The summed E-state index contributed by atoms with van der Waals surface area (Å²) >= 11 is 5.88. The third kappa shape index (κ3) is 3.53. The molecular weight excluding hydrogens is 416 g/mol. The summed E-state index contributed by atoms with van der Waals surface area (Å²) in [4.78, 5) is 25.9. The second kappa shape index (κ2) is 8.16. The van der Waals surface area contributed by atoms with Gasteiger partial charge in [-0.25, -0.2) is 8.42 Å². The lowest BCUT2D eigenvalue weighted by molar-refractivity contribution is -0.164. The summed E-state index contributed by atoms with van der Waals surface area (Å²) < 4.78 is 37.2. The zero-order chi connectivity index (χ0) is 21.2. The maximum absolute atomic E-state index is 13.5. The van der Waals surface area contributed by atoms with Gasteiger partial charge in [-0.1, -0.05) is 41.9 Å². The minimum Gasteiger partial charge on any atom is -0.465 e. The third-order valence-corrected chi connectivity index (χ3v) is 7.49. The minimum absolute atomic E-state index is 0.00914. The van der Waals surface area contributed by atoms with Crippen molar-refractivity contribution in [2.45, 2.75) is 29.9 Å². The van der Waals surface area contributed by atoms with Crippen LogP contribution in [0.15, 0.2) is 59.5 Å². The van der Waals surface area contributed by atoms with Crippen LogP contribution in [0.3, 0.4) is 0 Å². The van der Waals surface area contributed by atoms with E-state index >= 15 is 0 Å². The van der Waals surface area contributed by atoms with E-state index in [1.165, 1.54) is 24.3 Å². The quantitative estimate of drug-likeness (QED) is 0.488. The maximum atomic E-state index is 13.5. The number of ether oxygens (including phenoxy) is 2. The second-order valence-corrected chi connectivity index (χ2v) is 9.12. The van der Waals surface area contributed by atoms with Crippen molar-refractivity contribution < 1.29 is 27.5 Å². The van der Waals surface area contributed by atoms with Crippen LogP contribution < -0.4 is 0 Å². The van der Waals surface area contributed by atoms with Crippen molar-refractivity contribution in [3.8, 4) is 0 Å². The van der Waals surface area contributed by atoms with Crippen LogP contribution in [0.1, 0.15) is 25.3 Å². The zero-order valence-electron chi connectivity index (χ0n) is 16.0. The molecule has 0 aliphatic heterocycles. The SMILES string of the molecule is CCOC(=O)C1(C(=O)OCC)C(c2ccccc2)C1S(=O)(=O)c1ccc(Cl)cc1. The van der Waals surface area contributed by atoms with E-state index in [0.717, 1.165) is 0 Å². The summed E-state index contributed by atoms with van der Waals surface area (Å²) in [7, 11) is -4.07. The molecule has 2 aromatic rings. The average molecular weight is 437 g/mol. The summed E-state index contributed by atoms with van der Waals surface area (Å²) in [5.74, 6) is -2.70. The predicted octanol–water partition coefficient (Wildman–Crippen LogP) is 3.39. The molecule has 0 spiro atoms. The summed E-state index contributed by atoms with van der Waals surface area (Å²) in [6.07, 6.45) is 0. The molecule has 1 aliphatic carbocycles. The molecule has 154 valence electrons. The summed E-state index contributed by atoms with van der Waals surface area (Å²) in [5.41, 5.74) is -1.40. The molecule has 0 radical (unpaired) electrons. The van der Waals surface area contributed by atoms with Crippen LogP contribution in [0.4, 0.5) is 0 Å². The van der Waals surface area contributed by atoms with E-state index in [-0.39, 0.29) is 18.1 Å². The zero-order valence-corrected chi connectivity index (χ0v) is 17.6. The molecule has 3 rings (SSSR count). The number of carbonyl (C=O) groups is 2. The number of rotatable bonds is 7. The molecule has 0 N–H and O–H groups in total. The van der Waals surface area contributed by atoms with Crippen LogP contribution >= 0.6 is 11.6 Å². The van der Waals surface area contributed by atoms with Crippen molar-refractivity contribution in [3.63, 3.8) is 0 Å². The van der Waals surface area contributed by atoms with E-state index in [1.54, 1.807) is 44.2 Å². The molecule has 1 aliphatic rings. The molecule has 0 saturated heterocycles. The van der Waals surface area contributed by atoms with E-state index in [2.05, 4.69) is 0 Å². The van der Waals surface area contributed by atoms with Gasteiger partial charge in [0.1, 0.15) is 5.25 Å². The fraction of sp³-hybridized carbons (Fsp3) is 0.333. The first kappa shape index (κ1) is 21.3. The van der Waals surface area contributed by atoms with Crippen LogP contribution in [-0.4, -0.2) is 38.8 Å². The molecular formula is C21H21ClO6S. The lowest BCUT2D eigenvalue weighted by atomic mass is 9.99. The standard InChI is InChI=1S/C21H21ClO6S/c1-3-27-19(23)21(20(24)28-4-2)17(14-8-6-5-7-9-14)18(21)29(25,26)16-12-10-15(22)11-13-16/h5-13,17-18H,3-4H2,1-2H3. The molecule has 0 amide bonds. The Bertz CT molecular complexity index is 983. The van der Waals surface area contributed by atoms with Crippen molar-refractivity contribution in [1.29, 1.82) is 0 Å². The van der Waals surface area contributed by atoms with Gasteiger partial charge in [0.2, 0.25) is 0 Å². The topological polar surface area (TPSA) is 86.7 Å². The van der Waals surface area contributed by atoms with Crippen LogP contribution in [0.25, 0.3) is 0 Å². The molecule has 6 nitrogen and oxygen atoms in total. The molecule has 1 fully saturated rings. The summed E-state index contributed by atoms with van der Waals surface area (Å²) in [5, 5.41) is -0.960. The Morgan fingerprint density at radius 2 is 1.45 bits per heavy atom. The number of benzene rings is 2. The largest absolute Gasteiger partial charge is 0.465 e. The lowest BCUT2D eigenvalue weighted by Crippen LogP contribution is -2.35. The fourth-order valence-electron chi connectivity index (χ4n) is 3.72. The molecule has 29 heavy (non-hydrogen) atoms. The van der Waals surface area contributed by atoms with E-state index in [1.807, 2.05) is 0 Å². The highest BCUT2D eigenvalue weighted by molar-refractivity contribution is 7.92. The molecule has 2 unspecified atom stereocenters. The van der Waals surface area contributed by atoms with Crippen molar-refractivity contribution in [2.75, 3.05) is 13.2 Å². The highest BCUT2D eigenvalue weighted by Crippen LogP contribution is 2.65. The highest BCUT2D eigenvalue weighted by Gasteiger charge is 2.81. The average Bonchev–Trinajstić information content (AvgIpc) is 3.42. The first-order valence-electron chi connectivity index (χ1n) is 9.20. The van der Waals surface area contributed by atoms with Gasteiger partial charge in [0.25, 0.3) is 0 Å². The molecule has 2 atom stereocenters. The Kier molecular flexibility index (Phi) is 6.00. The maximum Gasteiger partial charge on any atom is 0.325 e. The second-order valence-electron chi connectivity index (χ2n) is 6.62. The van der Waals surface area contributed by atoms with Crippen LogP contribution in [0, 0.1) is 5.41 Å². The Morgan fingerprint density at radius 1 is 0.931 bits per heavy atom. The predicted molar refractivity (Wildman–Crippen MR) is 107 cm³/mol. The van der Waals surface area contributed by atoms with E-state index in [0.29, 0.717) is 10.6 Å². The van der Waals surface area contributed by atoms with Crippen molar-refractivity contribution in [3.05, 3.63) is 65.2 Å². The van der Waals surface area contributed by atoms with Gasteiger partial charge >= 0.3 is 11.9 Å². The third-order valence-electron chi connectivity index (χ3n) is 4.99. The number of esters is 2. The van der Waals surface area contributed by atoms with E-state index in [4.69, 9.17) is 21.1 Å². The summed E-state index contributed by atoms with van der Waals surface area (Å²) in [6.45, 7) is 3.21. The Morgan fingerprint density at radius 3 is 1.93 bits per heavy atom. The van der Waals surface area contributed by atoms with E-state index in [9.17, 15) is 18.0 Å². The molecule has 1 saturated carbocycles. The number of carbonyl (C=O) groups excluding carboxylic acids is 2. The number of hydrogen-bond acceptors (Lipinski definition) is 6. The summed E-state index contributed by atoms with van der Waals surface area (Å²) in [6, 6.07) is 14.2. The van der Waals surface area contributed by atoms with Crippen LogP contribution in [-0.2, 0) is 28.9 Å². The lowest BCUT2D eigenvalue weighted by Gasteiger charge is -2.15. The van der Waals surface area contributed by atoms with Crippen molar-refractivity contribution in [1.82, 2.24) is 0 Å².